The molecule has 0 radical (unpaired) electrons. The second-order valence-corrected chi connectivity index (χ2v) is 12.3. The maximum Gasteiger partial charge on any atom is 0.115 e. The van der Waals surface area contributed by atoms with Gasteiger partial charge in [0.25, 0.3) is 0 Å². The van der Waals surface area contributed by atoms with Crippen LogP contribution in [0.3, 0.4) is 0 Å². The number of aromatic hydroxyl groups is 1. The molecule has 0 unspecified atom stereocenters. The lowest BCUT2D eigenvalue weighted by atomic mass is 9.41. The highest BCUT2D eigenvalue weighted by atomic mass is 16.5. The van der Waals surface area contributed by atoms with Gasteiger partial charge in [-0.15, -0.1) is 0 Å². The molecule has 4 aliphatic carbocycles. The Morgan fingerprint density at radius 2 is 2.00 bits per heavy atom. The normalized spacial score (nSPS) is 44.7. The number of phenols is 1. The molecular formula is C29H39NO3. The maximum atomic E-state index is 10.2. The first kappa shape index (κ1) is 22.0. The van der Waals surface area contributed by atoms with Crippen molar-refractivity contribution in [1.29, 1.82) is 0 Å². The molecule has 1 spiro atoms. The molecule has 178 valence electrons. The van der Waals surface area contributed by atoms with Gasteiger partial charge in [-0.1, -0.05) is 24.3 Å². The first-order valence-electron chi connectivity index (χ1n) is 13.2. The van der Waals surface area contributed by atoms with Gasteiger partial charge >= 0.3 is 0 Å². The monoisotopic (exact) mass is 449 g/mol. The number of nitrogens with two attached hydrogens (primary N) is 1. The Balaban J connectivity index is 1.56. The van der Waals surface area contributed by atoms with E-state index < -0.39 is 5.54 Å². The Morgan fingerprint density at radius 1 is 1.15 bits per heavy atom. The van der Waals surface area contributed by atoms with Gasteiger partial charge in [-0.25, -0.2) is 0 Å². The molecule has 7 rings (SSSR count). The van der Waals surface area contributed by atoms with Gasteiger partial charge in [0.1, 0.15) is 5.75 Å². The Bertz CT molecular complexity index is 1010. The predicted molar refractivity (Wildman–Crippen MR) is 128 cm³/mol. The lowest BCUT2D eigenvalue weighted by molar-refractivity contribution is -0.346. The van der Waals surface area contributed by atoms with E-state index in [1.807, 2.05) is 12.1 Å². The number of phenolic OH excluding ortho intramolecular Hbond substituents is 1. The average molecular weight is 450 g/mol. The van der Waals surface area contributed by atoms with Crippen molar-refractivity contribution in [2.75, 3.05) is 6.61 Å². The molecule has 4 N–H and O–H groups in total. The zero-order valence-corrected chi connectivity index (χ0v) is 20.1. The van der Waals surface area contributed by atoms with Crippen LogP contribution in [-0.2, 0) is 17.6 Å². The van der Waals surface area contributed by atoms with Crippen LogP contribution in [0.25, 0.3) is 0 Å². The lowest BCUT2D eigenvalue weighted by Gasteiger charge is -2.73. The van der Waals surface area contributed by atoms with Gasteiger partial charge in [0, 0.05) is 24.5 Å². The number of aliphatic hydroxyl groups is 1. The molecular weight excluding hydrogens is 410 g/mol. The fourth-order valence-electron chi connectivity index (χ4n) is 9.35. The number of hydrogen-bond acceptors (Lipinski definition) is 4. The predicted octanol–water partition coefficient (Wildman–Crippen LogP) is 4.20. The van der Waals surface area contributed by atoms with Crippen molar-refractivity contribution in [3.63, 3.8) is 0 Å². The molecule has 1 aromatic rings. The maximum absolute atomic E-state index is 10.2. The average Bonchev–Trinajstić information content (AvgIpc) is 2.77. The molecule has 2 saturated heterocycles. The summed E-state index contributed by atoms with van der Waals surface area (Å²) < 4.78 is 7.29. The number of hydrogen-bond donors (Lipinski definition) is 3. The number of fused-ring (bicyclic) bond motifs is 2. The summed E-state index contributed by atoms with van der Waals surface area (Å²) in [6.45, 7) is 4.56. The van der Waals surface area contributed by atoms with Crippen LogP contribution in [0.15, 0.2) is 18.2 Å². The first-order chi connectivity index (χ1) is 15.8. The summed E-state index contributed by atoms with van der Waals surface area (Å²) in [6, 6.07) is 5.86. The summed E-state index contributed by atoms with van der Waals surface area (Å²) in [7, 11) is 0. The van der Waals surface area contributed by atoms with Gasteiger partial charge in [0.05, 0.1) is 17.1 Å². The van der Waals surface area contributed by atoms with Crippen LogP contribution >= 0.6 is 0 Å². The van der Waals surface area contributed by atoms with E-state index in [9.17, 15) is 10.2 Å². The topological polar surface area (TPSA) is 75.7 Å². The second kappa shape index (κ2) is 7.48. The third kappa shape index (κ3) is 3.01. The summed E-state index contributed by atoms with van der Waals surface area (Å²) in [5.41, 5.74) is 8.72. The van der Waals surface area contributed by atoms with E-state index in [4.69, 9.17) is 10.5 Å². The number of ether oxygens (including phenoxy) is 1. The third-order valence-corrected chi connectivity index (χ3v) is 10.5. The van der Waals surface area contributed by atoms with E-state index in [-0.39, 0.29) is 29.6 Å². The Kier molecular flexibility index (Phi) is 4.98. The Morgan fingerprint density at radius 3 is 2.82 bits per heavy atom. The number of rotatable bonds is 2. The van der Waals surface area contributed by atoms with E-state index in [1.54, 1.807) is 0 Å². The highest BCUT2D eigenvalue weighted by molar-refractivity contribution is 5.39. The van der Waals surface area contributed by atoms with E-state index in [0.717, 1.165) is 18.4 Å². The first-order valence-corrected chi connectivity index (χ1v) is 13.2. The minimum Gasteiger partial charge on any atom is -0.508 e. The fourth-order valence-corrected chi connectivity index (χ4v) is 9.35. The van der Waals surface area contributed by atoms with Crippen molar-refractivity contribution in [1.82, 2.24) is 0 Å². The molecule has 0 amide bonds. The summed E-state index contributed by atoms with van der Waals surface area (Å²) in [5, 5.41) is 20.3. The van der Waals surface area contributed by atoms with Gasteiger partial charge in [-0.05, 0) is 106 Å². The van der Waals surface area contributed by atoms with E-state index in [0.29, 0.717) is 42.3 Å². The summed E-state index contributed by atoms with van der Waals surface area (Å²) in [5.74, 6) is 9.95. The van der Waals surface area contributed by atoms with Crippen molar-refractivity contribution in [2.24, 2.45) is 41.2 Å². The van der Waals surface area contributed by atoms with Gasteiger partial charge < -0.3 is 20.7 Å². The molecule has 8 atom stereocenters. The van der Waals surface area contributed by atoms with E-state index in [1.165, 1.54) is 37.7 Å². The van der Waals surface area contributed by atoms with Crippen molar-refractivity contribution in [3.05, 3.63) is 29.3 Å². The molecule has 3 saturated carbocycles. The van der Waals surface area contributed by atoms with Gasteiger partial charge in [0.15, 0.2) is 0 Å². The summed E-state index contributed by atoms with van der Waals surface area (Å²) >= 11 is 0. The summed E-state index contributed by atoms with van der Waals surface area (Å²) in [6.07, 6.45) is 9.58. The SMILES string of the molecule is CC1(C)O[C@]23[C@@H]4CC[C@H]5[C@@H](CCC[C@H]52)Cc2ccc(O)cc2CC#C[C@H]3[C@@](N)(CCO)[C@@H]1C4. The fraction of sp³-hybridized carbons (Fsp3) is 0.724. The second-order valence-electron chi connectivity index (χ2n) is 12.3. The lowest BCUT2D eigenvalue weighted by Crippen LogP contribution is -2.81. The quantitative estimate of drug-likeness (QED) is 0.592. The van der Waals surface area contributed by atoms with E-state index in [2.05, 4.69) is 31.8 Å². The van der Waals surface area contributed by atoms with Crippen molar-refractivity contribution in [2.45, 2.75) is 88.4 Å². The summed E-state index contributed by atoms with van der Waals surface area (Å²) in [4.78, 5) is 0. The zero-order valence-electron chi connectivity index (χ0n) is 20.1. The van der Waals surface area contributed by atoms with Crippen LogP contribution in [0.5, 0.6) is 5.75 Å². The van der Waals surface area contributed by atoms with E-state index >= 15 is 0 Å². The molecule has 6 aliphatic rings. The van der Waals surface area contributed by atoms with Gasteiger partial charge in [-0.2, -0.15) is 0 Å². The van der Waals surface area contributed by atoms with Crippen LogP contribution in [0, 0.1) is 47.3 Å². The smallest absolute Gasteiger partial charge is 0.115 e. The Hall–Kier alpha value is -1.54. The molecule has 0 aromatic heterocycles. The molecule has 33 heavy (non-hydrogen) atoms. The third-order valence-electron chi connectivity index (χ3n) is 10.5. The number of aliphatic hydroxyl groups excluding tert-OH is 1. The molecule has 2 aliphatic heterocycles. The highest BCUT2D eigenvalue weighted by Crippen LogP contribution is 2.68. The largest absolute Gasteiger partial charge is 0.508 e. The molecule has 2 heterocycles. The minimum absolute atomic E-state index is 0.0562. The van der Waals surface area contributed by atoms with Crippen molar-refractivity contribution in [3.8, 4) is 17.6 Å². The zero-order chi connectivity index (χ0) is 23.0. The van der Waals surface area contributed by atoms with Crippen LogP contribution in [0.2, 0.25) is 0 Å². The minimum atomic E-state index is -0.537. The van der Waals surface area contributed by atoms with Crippen LogP contribution < -0.4 is 5.73 Å². The molecule has 4 heteroatoms. The van der Waals surface area contributed by atoms with Gasteiger partial charge in [-0.3, -0.25) is 0 Å². The molecule has 5 fully saturated rings. The van der Waals surface area contributed by atoms with Crippen molar-refractivity contribution >= 4 is 0 Å². The highest BCUT2D eigenvalue weighted by Gasteiger charge is 2.73. The Labute approximate surface area is 198 Å². The standard InChI is InChI=1S/C29H39NO3/c1-27(2)26-17-21-10-12-23-20-6-3-7-24(23)29(21,33-27)25(28(26,30)13-14-31)8-4-5-18-16-22(32)11-9-19(18)15-20/h9,11,16,20-21,23-26,31-32H,3,5-7,10,12-15,17,30H2,1-2H3/t20-,21+,23-,24+,25-,26+,28-,29+/m0/s1. The van der Waals surface area contributed by atoms with Crippen LogP contribution in [0.1, 0.15) is 69.9 Å². The number of benzene rings is 1. The van der Waals surface area contributed by atoms with Crippen LogP contribution in [-0.4, -0.2) is 33.6 Å². The molecule has 1 aromatic carbocycles. The molecule has 4 nitrogen and oxygen atoms in total. The van der Waals surface area contributed by atoms with Gasteiger partial charge in [0.2, 0.25) is 0 Å². The van der Waals surface area contributed by atoms with Crippen LogP contribution in [0.4, 0.5) is 0 Å². The molecule has 5 bridgehead atoms. The van der Waals surface area contributed by atoms with Crippen molar-refractivity contribution < 1.29 is 14.9 Å².